The number of amides is 3. The van der Waals surface area contributed by atoms with Crippen LogP contribution >= 0.6 is 11.8 Å². The second-order valence-electron chi connectivity index (χ2n) is 7.59. The zero-order valence-corrected chi connectivity index (χ0v) is 18.8. The van der Waals surface area contributed by atoms with Gasteiger partial charge in [-0.15, -0.1) is 0 Å². The number of thioether (sulfide) groups is 1. The largest absolute Gasteiger partial charge is 0.467 e. The van der Waals surface area contributed by atoms with Crippen molar-refractivity contribution < 1.29 is 23.5 Å². The van der Waals surface area contributed by atoms with Gasteiger partial charge in [0.1, 0.15) is 5.76 Å². The van der Waals surface area contributed by atoms with Gasteiger partial charge in [-0.25, -0.2) is 14.6 Å². The summed E-state index contributed by atoms with van der Waals surface area (Å²) in [5.74, 6) is -0.533. The van der Waals surface area contributed by atoms with Gasteiger partial charge in [-0.3, -0.25) is 19.5 Å². The minimum atomic E-state index is -0.731. The summed E-state index contributed by atoms with van der Waals surface area (Å²) in [6, 6.07) is 7.49. The summed E-state index contributed by atoms with van der Waals surface area (Å²) in [4.78, 5) is 54.2. The van der Waals surface area contributed by atoms with Crippen molar-refractivity contribution in [2.24, 2.45) is 0 Å². The highest BCUT2D eigenvalue weighted by molar-refractivity contribution is 8.00. The Kier molecular flexibility index (Phi) is 6.50. The standard InChI is InChI=1S/C22H22N4O6S/c1-12(18(27)25-21(30)23-14-6-7-14)33-22-24-17-10-13(20(29)31-2)5-8-16(17)19(28)26(22)11-15-4-3-9-32-15/h3-5,8-10,12,14H,6-7,11H2,1-2H3,(H2,23,25,27,30). The number of urea groups is 1. The summed E-state index contributed by atoms with van der Waals surface area (Å²) in [6.07, 6.45) is 3.30. The maximum Gasteiger partial charge on any atom is 0.337 e. The Morgan fingerprint density at radius 2 is 2.09 bits per heavy atom. The van der Waals surface area contributed by atoms with Crippen molar-refractivity contribution in [1.29, 1.82) is 0 Å². The summed E-state index contributed by atoms with van der Waals surface area (Å²) in [5, 5.41) is 4.83. The van der Waals surface area contributed by atoms with Crippen LogP contribution in [0.3, 0.4) is 0 Å². The predicted octanol–water partition coefficient (Wildman–Crippen LogP) is 2.29. The van der Waals surface area contributed by atoms with Gasteiger partial charge in [0.15, 0.2) is 5.16 Å². The van der Waals surface area contributed by atoms with Crippen molar-refractivity contribution in [3.8, 4) is 0 Å². The average Bonchev–Trinajstić information content (AvgIpc) is 3.45. The lowest BCUT2D eigenvalue weighted by Gasteiger charge is -2.16. The van der Waals surface area contributed by atoms with Crippen LogP contribution in [0.25, 0.3) is 10.9 Å². The fourth-order valence-electron chi connectivity index (χ4n) is 3.11. The number of carbonyl (C=O) groups excluding carboxylic acids is 3. The summed E-state index contributed by atoms with van der Waals surface area (Å²) < 4.78 is 11.5. The molecule has 0 spiro atoms. The number of esters is 1. The number of aromatic nitrogens is 2. The van der Waals surface area contributed by atoms with E-state index in [2.05, 4.69) is 15.6 Å². The third-order valence-corrected chi connectivity index (χ3v) is 6.13. The van der Waals surface area contributed by atoms with Crippen LogP contribution < -0.4 is 16.2 Å². The molecule has 2 N–H and O–H groups in total. The van der Waals surface area contributed by atoms with E-state index in [9.17, 15) is 19.2 Å². The molecule has 1 aliphatic carbocycles. The number of hydrogen-bond acceptors (Lipinski definition) is 8. The van der Waals surface area contributed by atoms with Crippen LogP contribution in [-0.2, 0) is 16.1 Å². The second-order valence-corrected chi connectivity index (χ2v) is 8.89. The molecule has 10 nitrogen and oxygen atoms in total. The Balaban J connectivity index is 1.66. The number of benzene rings is 1. The zero-order valence-electron chi connectivity index (χ0n) is 18.0. The van der Waals surface area contributed by atoms with E-state index >= 15 is 0 Å². The maximum atomic E-state index is 13.3. The number of rotatable bonds is 7. The zero-order chi connectivity index (χ0) is 23.5. The SMILES string of the molecule is COC(=O)c1ccc2c(=O)n(Cc3ccco3)c(SC(C)C(=O)NC(=O)NC3CC3)nc2c1. The molecule has 3 amide bonds. The Hall–Kier alpha value is -3.60. The minimum Gasteiger partial charge on any atom is -0.467 e. The summed E-state index contributed by atoms with van der Waals surface area (Å²) in [5.41, 5.74) is 0.189. The van der Waals surface area contributed by atoms with Gasteiger partial charge in [0.05, 0.1) is 41.6 Å². The van der Waals surface area contributed by atoms with Crippen LogP contribution in [0.1, 0.15) is 35.9 Å². The van der Waals surface area contributed by atoms with Crippen LogP contribution in [0.5, 0.6) is 0 Å². The van der Waals surface area contributed by atoms with Crippen LogP contribution in [0, 0.1) is 0 Å². The van der Waals surface area contributed by atoms with E-state index in [-0.39, 0.29) is 28.9 Å². The van der Waals surface area contributed by atoms with E-state index < -0.39 is 23.2 Å². The monoisotopic (exact) mass is 470 g/mol. The number of methoxy groups -OCH3 is 1. The Bertz CT molecular complexity index is 1270. The lowest BCUT2D eigenvalue weighted by atomic mass is 10.1. The molecular formula is C22H22N4O6S. The molecule has 2 aromatic heterocycles. The van der Waals surface area contributed by atoms with Gasteiger partial charge in [0.2, 0.25) is 5.91 Å². The first kappa shape index (κ1) is 22.6. The maximum absolute atomic E-state index is 13.3. The van der Waals surface area contributed by atoms with Crippen molar-refractivity contribution in [1.82, 2.24) is 20.2 Å². The molecule has 172 valence electrons. The first-order valence-electron chi connectivity index (χ1n) is 10.3. The molecule has 1 aliphatic rings. The minimum absolute atomic E-state index is 0.104. The van der Waals surface area contributed by atoms with Gasteiger partial charge < -0.3 is 14.5 Å². The molecule has 0 saturated heterocycles. The number of nitrogens with zero attached hydrogens (tertiary/aromatic N) is 2. The predicted molar refractivity (Wildman–Crippen MR) is 120 cm³/mol. The first-order valence-corrected chi connectivity index (χ1v) is 11.2. The van der Waals surface area contributed by atoms with Gasteiger partial charge >= 0.3 is 12.0 Å². The number of imide groups is 1. The first-order chi connectivity index (χ1) is 15.9. The molecule has 1 unspecified atom stereocenters. The molecule has 2 heterocycles. The molecule has 11 heteroatoms. The van der Waals surface area contributed by atoms with E-state index in [1.807, 2.05) is 0 Å². The van der Waals surface area contributed by atoms with E-state index in [0.717, 1.165) is 24.6 Å². The molecule has 0 bridgehead atoms. The highest BCUT2D eigenvalue weighted by Gasteiger charge is 2.26. The highest BCUT2D eigenvalue weighted by Crippen LogP contribution is 2.24. The van der Waals surface area contributed by atoms with Crippen molar-refractivity contribution >= 4 is 40.6 Å². The van der Waals surface area contributed by atoms with Crippen LogP contribution in [-0.4, -0.2) is 45.9 Å². The number of furan rings is 1. The normalized spacial score (nSPS) is 14.0. The third-order valence-electron chi connectivity index (χ3n) is 5.04. The average molecular weight is 471 g/mol. The quantitative estimate of drug-likeness (QED) is 0.305. The number of hydrogen-bond donors (Lipinski definition) is 2. The summed E-state index contributed by atoms with van der Waals surface area (Å²) >= 11 is 1.03. The molecule has 33 heavy (non-hydrogen) atoms. The fraction of sp³-hybridized carbons (Fsp3) is 0.318. The van der Waals surface area contributed by atoms with Gasteiger partial charge in [-0.1, -0.05) is 11.8 Å². The fourth-order valence-corrected chi connectivity index (χ4v) is 4.02. The summed E-state index contributed by atoms with van der Waals surface area (Å²) in [6.45, 7) is 1.72. The van der Waals surface area contributed by atoms with E-state index in [4.69, 9.17) is 9.15 Å². The summed E-state index contributed by atoms with van der Waals surface area (Å²) in [7, 11) is 1.27. The van der Waals surface area contributed by atoms with Crippen LogP contribution in [0.15, 0.2) is 51.0 Å². The van der Waals surface area contributed by atoms with Gasteiger partial charge in [0.25, 0.3) is 5.56 Å². The number of ether oxygens (including phenoxy) is 1. The Morgan fingerprint density at radius 1 is 1.30 bits per heavy atom. The Labute approximate surface area is 192 Å². The number of nitrogens with one attached hydrogen (secondary N) is 2. The van der Waals surface area contributed by atoms with Crippen molar-refractivity contribution in [3.63, 3.8) is 0 Å². The second kappa shape index (κ2) is 9.49. The van der Waals surface area contributed by atoms with Crippen LogP contribution in [0.2, 0.25) is 0 Å². The van der Waals surface area contributed by atoms with Crippen LogP contribution in [0.4, 0.5) is 4.79 Å². The topological polar surface area (TPSA) is 133 Å². The molecule has 4 rings (SSSR count). The van der Waals surface area contributed by atoms with E-state index in [0.29, 0.717) is 16.7 Å². The molecule has 1 saturated carbocycles. The lowest BCUT2D eigenvalue weighted by molar-refractivity contribution is -0.119. The van der Waals surface area contributed by atoms with Gasteiger partial charge in [-0.2, -0.15) is 0 Å². The van der Waals surface area contributed by atoms with E-state index in [1.54, 1.807) is 19.1 Å². The smallest absolute Gasteiger partial charge is 0.337 e. The third kappa shape index (κ3) is 5.25. The van der Waals surface area contributed by atoms with Gasteiger partial charge in [0, 0.05) is 6.04 Å². The number of fused-ring (bicyclic) bond motifs is 1. The van der Waals surface area contributed by atoms with Crippen molar-refractivity contribution in [3.05, 3.63) is 58.3 Å². The molecule has 0 radical (unpaired) electrons. The van der Waals surface area contributed by atoms with Crippen molar-refractivity contribution in [2.45, 2.75) is 42.8 Å². The molecule has 1 aromatic carbocycles. The highest BCUT2D eigenvalue weighted by atomic mass is 32.2. The van der Waals surface area contributed by atoms with E-state index in [1.165, 1.54) is 36.1 Å². The van der Waals surface area contributed by atoms with Crippen molar-refractivity contribution in [2.75, 3.05) is 7.11 Å². The molecule has 1 atom stereocenters. The Morgan fingerprint density at radius 3 is 2.76 bits per heavy atom. The number of carbonyl (C=O) groups is 3. The molecule has 1 fully saturated rings. The van der Waals surface area contributed by atoms with Gasteiger partial charge in [-0.05, 0) is 50.1 Å². The molecule has 0 aliphatic heterocycles. The molecular weight excluding hydrogens is 448 g/mol. The lowest BCUT2D eigenvalue weighted by Crippen LogP contribution is -2.43. The molecule has 3 aromatic rings.